The first-order valence-electron chi connectivity index (χ1n) is 6.56. The van der Waals surface area contributed by atoms with Crippen molar-refractivity contribution in [2.45, 2.75) is 44.4 Å². The van der Waals surface area contributed by atoms with Crippen molar-refractivity contribution < 1.29 is 9.50 Å². The van der Waals surface area contributed by atoms with E-state index in [1.54, 1.807) is 12.1 Å². The quantitative estimate of drug-likeness (QED) is 0.881. The van der Waals surface area contributed by atoms with Gasteiger partial charge in [0.2, 0.25) is 0 Å². The fourth-order valence-electron chi connectivity index (χ4n) is 1.81. The maximum atomic E-state index is 14.3. The molecule has 1 aromatic rings. The van der Waals surface area contributed by atoms with Crippen LogP contribution in [-0.4, -0.2) is 22.7 Å². The molecule has 0 radical (unpaired) electrons. The molecule has 0 aliphatic rings. The van der Waals surface area contributed by atoms with Crippen LogP contribution < -0.4 is 0 Å². The lowest BCUT2D eigenvalue weighted by Gasteiger charge is -2.30. The largest absolute Gasteiger partial charge is 0.396 e. The molecule has 0 amide bonds. The van der Waals surface area contributed by atoms with Gasteiger partial charge < -0.3 is 5.11 Å². The summed E-state index contributed by atoms with van der Waals surface area (Å²) in [7, 11) is -0.269. The minimum Gasteiger partial charge on any atom is -0.396 e. The van der Waals surface area contributed by atoms with Crippen LogP contribution in [0.5, 0.6) is 0 Å². The molecule has 0 aromatic heterocycles. The molecule has 114 valence electrons. The fraction of sp³-hybridized carbons (Fsp3) is 0.600. The molecule has 1 N–H and O–H groups in total. The molecule has 0 fully saturated rings. The summed E-state index contributed by atoms with van der Waals surface area (Å²) >= 11 is 5.87. The number of benzene rings is 1. The number of aliphatic hydroxyl groups excluding tert-OH is 1. The SMILES string of the molecule is CS(=NC(C)(CCO)c1cccc(Cl)c1F)C(C)(C)C. The molecule has 0 aliphatic carbocycles. The van der Waals surface area contributed by atoms with Crippen LogP contribution in [0.2, 0.25) is 5.02 Å². The highest BCUT2D eigenvalue weighted by molar-refractivity contribution is 7.87. The Hall–Kier alpha value is -0.450. The maximum absolute atomic E-state index is 14.3. The van der Waals surface area contributed by atoms with Crippen LogP contribution in [0.1, 0.15) is 39.7 Å². The summed E-state index contributed by atoms with van der Waals surface area (Å²) in [6.07, 6.45) is 2.41. The maximum Gasteiger partial charge on any atom is 0.147 e. The number of hydrogen-bond donors (Lipinski definition) is 1. The van der Waals surface area contributed by atoms with Crippen molar-refractivity contribution in [3.8, 4) is 0 Å². The van der Waals surface area contributed by atoms with Gasteiger partial charge in [0.25, 0.3) is 0 Å². The van der Waals surface area contributed by atoms with E-state index in [0.717, 1.165) is 0 Å². The average molecular weight is 320 g/mol. The van der Waals surface area contributed by atoms with Crippen molar-refractivity contribution in [1.29, 1.82) is 0 Å². The van der Waals surface area contributed by atoms with Crippen LogP contribution in [0.15, 0.2) is 22.6 Å². The van der Waals surface area contributed by atoms with Crippen LogP contribution in [0, 0.1) is 5.82 Å². The van der Waals surface area contributed by atoms with E-state index >= 15 is 0 Å². The van der Waals surface area contributed by atoms with Crippen LogP contribution >= 0.6 is 11.6 Å². The number of halogens is 2. The van der Waals surface area contributed by atoms with Gasteiger partial charge in [0.15, 0.2) is 0 Å². The van der Waals surface area contributed by atoms with Crippen LogP contribution in [-0.2, 0) is 16.2 Å². The first kappa shape index (κ1) is 17.6. The lowest BCUT2D eigenvalue weighted by molar-refractivity contribution is 0.246. The number of nitrogens with zero attached hydrogens (tertiary/aromatic N) is 1. The van der Waals surface area contributed by atoms with Crippen molar-refractivity contribution in [2.75, 3.05) is 12.9 Å². The van der Waals surface area contributed by atoms with Gasteiger partial charge in [0.05, 0.1) is 10.6 Å². The molecule has 1 aromatic carbocycles. The van der Waals surface area contributed by atoms with E-state index in [2.05, 4.69) is 20.8 Å². The normalized spacial score (nSPS) is 17.0. The molecular formula is C15H23ClFNOS. The summed E-state index contributed by atoms with van der Waals surface area (Å²) in [5.74, 6) is -0.445. The van der Waals surface area contributed by atoms with Gasteiger partial charge in [-0.2, -0.15) is 0 Å². The molecule has 0 spiro atoms. The molecule has 0 heterocycles. The van der Waals surface area contributed by atoms with Gasteiger partial charge in [-0.15, -0.1) is 0 Å². The zero-order valence-corrected chi connectivity index (χ0v) is 14.3. The molecule has 2 atom stereocenters. The summed E-state index contributed by atoms with van der Waals surface area (Å²) in [4.78, 5) is 0. The zero-order valence-electron chi connectivity index (χ0n) is 12.7. The van der Waals surface area contributed by atoms with Gasteiger partial charge in [0, 0.05) is 23.3 Å². The van der Waals surface area contributed by atoms with Crippen molar-refractivity contribution in [3.05, 3.63) is 34.6 Å². The Bertz CT molecular complexity index is 513. The van der Waals surface area contributed by atoms with Gasteiger partial charge in [-0.3, -0.25) is 4.36 Å². The second kappa shape index (κ2) is 6.54. The standard InChI is InChI=1S/C15H23ClFNOS/c1-14(2,3)20(5)18-15(4,9-10-19)11-7-6-8-12(16)13(11)17/h6-8,19H,9-10H2,1-5H3. The monoisotopic (exact) mass is 319 g/mol. The lowest BCUT2D eigenvalue weighted by atomic mass is 9.90. The molecule has 0 saturated carbocycles. The van der Waals surface area contributed by atoms with E-state index in [-0.39, 0.29) is 27.1 Å². The first-order valence-corrected chi connectivity index (χ1v) is 8.53. The minimum absolute atomic E-state index is 0.00572. The molecule has 5 heteroatoms. The molecule has 1 rings (SSSR count). The summed E-state index contributed by atoms with van der Waals surface area (Å²) < 4.78 is 19.1. The molecule has 0 bridgehead atoms. The van der Waals surface area contributed by atoms with Gasteiger partial charge in [0.1, 0.15) is 5.82 Å². The predicted molar refractivity (Wildman–Crippen MR) is 85.9 cm³/mol. The predicted octanol–water partition coefficient (Wildman–Crippen LogP) is 4.31. The third-order valence-corrected chi connectivity index (χ3v) is 6.10. The van der Waals surface area contributed by atoms with E-state index in [4.69, 9.17) is 16.0 Å². The Morgan fingerprint density at radius 3 is 2.40 bits per heavy atom. The van der Waals surface area contributed by atoms with E-state index in [9.17, 15) is 9.50 Å². The molecule has 2 unspecified atom stereocenters. The molecule has 20 heavy (non-hydrogen) atoms. The van der Waals surface area contributed by atoms with E-state index in [1.165, 1.54) is 6.07 Å². The van der Waals surface area contributed by atoms with Crippen molar-refractivity contribution in [2.24, 2.45) is 4.36 Å². The fourth-order valence-corrected chi connectivity index (χ4v) is 3.05. The van der Waals surface area contributed by atoms with Crippen LogP contribution in [0.3, 0.4) is 0 Å². The van der Waals surface area contributed by atoms with Crippen LogP contribution in [0.4, 0.5) is 4.39 Å². The Kier molecular flexibility index (Phi) is 5.76. The average Bonchev–Trinajstić information content (AvgIpc) is 2.31. The van der Waals surface area contributed by atoms with Gasteiger partial charge in [-0.25, -0.2) is 4.39 Å². The van der Waals surface area contributed by atoms with Gasteiger partial charge >= 0.3 is 0 Å². The summed E-state index contributed by atoms with van der Waals surface area (Å²) in [6.45, 7) is 8.12. The van der Waals surface area contributed by atoms with E-state index < -0.39 is 11.4 Å². The van der Waals surface area contributed by atoms with Gasteiger partial charge in [-0.05, 0) is 19.2 Å². The molecule has 0 saturated heterocycles. The second-order valence-corrected chi connectivity index (χ2v) is 8.80. The van der Waals surface area contributed by atoms with Crippen LogP contribution in [0.25, 0.3) is 0 Å². The van der Waals surface area contributed by atoms with Crippen molar-refractivity contribution >= 4 is 22.3 Å². The van der Waals surface area contributed by atoms with Gasteiger partial charge in [-0.1, -0.05) is 55.2 Å². The highest BCUT2D eigenvalue weighted by Crippen LogP contribution is 2.35. The molecule has 2 nitrogen and oxygen atoms in total. The number of hydrogen-bond acceptors (Lipinski definition) is 2. The Labute approximate surface area is 128 Å². The van der Waals surface area contributed by atoms with E-state index in [1.807, 2.05) is 13.2 Å². The molecular weight excluding hydrogens is 297 g/mol. The highest BCUT2D eigenvalue weighted by atomic mass is 35.5. The Morgan fingerprint density at radius 2 is 1.90 bits per heavy atom. The number of rotatable bonds is 4. The minimum atomic E-state index is -0.769. The summed E-state index contributed by atoms with van der Waals surface area (Å²) in [6, 6.07) is 4.94. The van der Waals surface area contributed by atoms with Crippen molar-refractivity contribution in [1.82, 2.24) is 0 Å². The third kappa shape index (κ3) is 4.03. The summed E-state index contributed by atoms with van der Waals surface area (Å²) in [5.41, 5.74) is -0.322. The highest BCUT2D eigenvalue weighted by Gasteiger charge is 2.31. The lowest BCUT2D eigenvalue weighted by Crippen LogP contribution is -2.28. The zero-order chi connectivity index (χ0) is 15.6. The van der Waals surface area contributed by atoms with Crippen molar-refractivity contribution in [3.63, 3.8) is 0 Å². The first-order chi connectivity index (χ1) is 9.12. The molecule has 0 aliphatic heterocycles. The Balaban J connectivity index is 3.39. The van der Waals surface area contributed by atoms with E-state index in [0.29, 0.717) is 12.0 Å². The third-order valence-electron chi connectivity index (χ3n) is 3.36. The topological polar surface area (TPSA) is 32.6 Å². The Morgan fingerprint density at radius 1 is 1.30 bits per heavy atom. The number of aliphatic hydroxyl groups is 1. The second-order valence-electron chi connectivity index (χ2n) is 6.03. The smallest absolute Gasteiger partial charge is 0.147 e. The summed E-state index contributed by atoms with van der Waals surface area (Å²) in [5, 5.41) is 9.42.